The number of nitrogens with zero attached hydrogens (tertiary/aromatic N) is 4. The van der Waals surface area contributed by atoms with Crippen molar-refractivity contribution in [2.45, 2.75) is 6.42 Å². The van der Waals surface area contributed by atoms with E-state index in [2.05, 4.69) is 71.3 Å². The van der Waals surface area contributed by atoms with Gasteiger partial charge < -0.3 is 20.1 Å². The lowest BCUT2D eigenvalue weighted by Gasteiger charge is -2.35. The average molecular weight is 361 g/mol. The van der Waals surface area contributed by atoms with Crippen LogP contribution in [0.3, 0.4) is 0 Å². The maximum absolute atomic E-state index is 11.4. The number of hydrogen-bond donors (Lipinski definition) is 1. The number of benzene rings is 2. The second kappa shape index (κ2) is 6.89. The van der Waals surface area contributed by atoms with Crippen molar-refractivity contribution < 1.29 is 4.79 Å². The lowest BCUT2D eigenvalue weighted by atomic mass is 9.94. The number of carbonyl (C=O) groups excluding carboxylic acids is 1. The molecule has 6 heteroatoms. The SMILES string of the molecule is CN(C)CCN1c2ccccc2Cc2c1cccc2-n1cnc(C(N)=O)c1. The first-order chi connectivity index (χ1) is 13.0. The highest BCUT2D eigenvalue weighted by Crippen LogP contribution is 2.40. The Morgan fingerprint density at radius 2 is 1.85 bits per heavy atom. The summed E-state index contributed by atoms with van der Waals surface area (Å²) in [5, 5.41) is 0. The molecule has 3 aromatic rings. The van der Waals surface area contributed by atoms with E-state index in [0.29, 0.717) is 0 Å². The quantitative estimate of drug-likeness (QED) is 0.758. The van der Waals surface area contributed by atoms with Crippen molar-refractivity contribution >= 4 is 17.3 Å². The zero-order chi connectivity index (χ0) is 19.0. The zero-order valence-corrected chi connectivity index (χ0v) is 15.6. The number of aromatic nitrogens is 2. The molecule has 0 unspecified atom stereocenters. The summed E-state index contributed by atoms with van der Waals surface area (Å²) >= 11 is 0. The predicted octanol–water partition coefficient (Wildman–Crippen LogP) is 2.58. The fourth-order valence-corrected chi connectivity index (χ4v) is 3.61. The monoisotopic (exact) mass is 361 g/mol. The molecule has 138 valence electrons. The Morgan fingerprint density at radius 1 is 1.11 bits per heavy atom. The summed E-state index contributed by atoms with van der Waals surface area (Å²) < 4.78 is 1.89. The summed E-state index contributed by atoms with van der Waals surface area (Å²) in [4.78, 5) is 20.1. The van der Waals surface area contributed by atoms with Gasteiger partial charge in [-0.25, -0.2) is 4.98 Å². The maximum atomic E-state index is 11.4. The summed E-state index contributed by atoms with van der Waals surface area (Å²) in [6.07, 6.45) is 4.19. The molecule has 4 rings (SSSR count). The minimum absolute atomic E-state index is 0.272. The van der Waals surface area contributed by atoms with Crippen molar-refractivity contribution in [2.24, 2.45) is 5.73 Å². The molecule has 0 atom stereocenters. The van der Waals surface area contributed by atoms with Crippen molar-refractivity contribution in [3.05, 3.63) is 71.8 Å². The van der Waals surface area contributed by atoms with E-state index >= 15 is 0 Å². The fraction of sp³-hybridized carbons (Fsp3) is 0.238. The standard InChI is InChI=1S/C21H23N5O/c1-24(2)10-11-26-18-7-4-3-6-15(18)12-16-19(8-5-9-20(16)26)25-13-17(21(22)27)23-14-25/h3-9,13-14H,10-12H2,1-2H3,(H2,22,27). The molecule has 0 saturated heterocycles. The van der Waals surface area contributed by atoms with Gasteiger partial charge in [-0.05, 0) is 37.9 Å². The third kappa shape index (κ3) is 3.19. The predicted molar refractivity (Wildman–Crippen MR) is 107 cm³/mol. The number of fused-ring (bicyclic) bond motifs is 2. The number of imidazole rings is 1. The Labute approximate surface area is 158 Å². The lowest BCUT2D eigenvalue weighted by molar-refractivity contribution is 0.0996. The molecule has 0 saturated carbocycles. The first-order valence-corrected chi connectivity index (χ1v) is 9.01. The molecule has 27 heavy (non-hydrogen) atoms. The number of nitrogens with two attached hydrogens (primary N) is 1. The van der Waals surface area contributed by atoms with Crippen LogP contribution in [0.25, 0.3) is 5.69 Å². The molecule has 1 aromatic heterocycles. The van der Waals surface area contributed by atoms with Crippen LogP contribution in [0.5, 0.6) is 0 Å². The number of carbonyl (C=O) groups is 1. The summed E-state index contributed by atoms with van der Waals surface area (Å²) in [5.74, 6) is -0.517. The lowest BCUT2D eigenvalue weighted by Crippen LogP contribution is -2.31. The van der Waals surface area contributed by atoms with Crippen molar-refractivity contribution in [3.63, 3.8) is 0 Å². The van der Waals surface area contributed by atoms with Gasteiger partial charge in [-0.15, -0.1) is 0 Å². The summed E-state index contributed by atoms with van der Waals surface area (Å²) in [5.41, 5.74) is 11.6. The number of para-hydroxylation sites is 1. The Kier molecular flexibility index (Phi) is 4.41. The van der Waals surface area contributed by atoms with Gasteiger partial charge in [-0.1, -0.05) is 24.3 Å². The van der Waals surface area contributed by atoms with Crippen LogP contribution in [0.1, 0.15) is 21.6 Å². The molecule has 6 nitrogen and oxygen atoms in total. The van der Waals surface area contributed by atoms with Gasteiger partial charge in [0, 0.05) is 42.6 Å². The third-order valence-corrected chi connectivity index (χ3v) is 4.95. The Bertz CT molecular complexity index is 992. The van der Waals surface area contributed by atoms with Gasteiger partial charge in [0.2, 0.25) is 0 Å². The van der Waals surface area contributed by atoms with Crippen molar-refractivity contribution in [3.8, 4) is 5.69 Å². The largest absolute Gasteiger partial charge is 0.364 e. The van der Waals surface area contributed by atoms with E-state index in [-0.39, 0.29) is 5.69 Å². The van der Waals surface area contributed by atoms with Gasteiger partial charge in [-0.3, -0.25) is 4.79 Å². The van der Waals surface area contributed by atoms with Crippen LogP contribution in [0, 0.1) is 0 Å². The van der Waals surface area contributed by atoms with Gasteiger partial charge in [0.1, 0.15) is 12.0 Å². The van der Waals surface area contributed by atoms with Crippen LogP contribution in [-0.2, 0) is 6.42 Å². The molecule has 0 spiro atoms. The second-order valence-electron chi connectivity index (χ2n) is 7.07. The van der Waals surface area contributed by atoms with E-state index in [1.54, 1.807) is 12.5 Å². The van der Waals surface area contributed by atoms with Gasteiger partial charge in [0.15, 0.2) is 0 Å². The molecule has 0 radical (unpaired) electrons. The highest BCUT2D eigenvalue weighted by atomic mass is 16.1. The Morgan fingerprint density at radius 3 is 2.59 bits per heavy atom. The summed E-state index contributed by atoms with van der Waals surface area (Å²) in [6, 6.07) is 14.8. The van der Waals surface area contributed by atoms with Crippen LogP contribution in [0.4, 0.5) is 11.4 Å². The molecule has 0 bridgehead atoms. The normalized spacial score (nSPS) is 12.8. The molecule has 1 aliphatic heterocycles. The van der Waals surface area contributed by atoms with Crippen LogP contribution >= 0.6 is 0 Å². The molecule has 0 aliphatic carbocycles. The molecule has 1 aliphatic rings. The molecular weight excluding hydrogens is 338 g/mol. The van der Waals surface area contributed by atoms with Gasteiger partial charge in [-0.2, -0.15) is 0 Å². The number of primary amides is 1. The van der Waals surface area contributed by atoms with E-state index in [0.717, 1.165) is 25.2 Å². The van der Waals surface area contributed by atoms with E-state index < -0.39 is 5.91 Å². The van der Waals surface area contributed by atoms with E-state index in [4.69, 9.17) is 5.73 Å². The molecule has 2 N–H and O–H groups in total. The maximum Gasteiger partial charge on any atom is 0.268 e. The second-order valence-corrected chi connectivity index (χ2v) is 7.07. The molecule has 2 heterocycles. The van der Waals surface area contributed by atoms with Crippen LogP contribution in [0.2, 0.25) is 0 Å². The van der Waals surface area contributed by atoms with E-state index in [9.17, 15) is 4.79 Å². The van der Waals surface area contributed by atoms with Gasteiger partial charge >= 0.3 is 0 Å². The van der Waals surface area contributed by atoms with Crippen LogP contribution < -0.4 is 10.6 Å². The fourth-order valence-electron chi connectivity index (χ4n) is 3.61. The topological polar surface area (TPSA) is 67.4 Å². The van der Waals surface area contributed by atoms with Crippen molar-refractivity contribution in [2.75, 3.05) is 32.1 Å². The number of rotatable bonds is 5. The number of amides is 1. The first kappa shape index (κ1) is 17.3. The first-order valence-electron chi connectivity index (χ1n) is 9.01. The van der Waals surface area contributed by atoms with Crippen molar-refractivity contribution in [1.29, 1.82) is 0 Å². The zero-order valence-electron chi connectivity index (χ0n) is 15.6. The highest BCUT2D eigenvalue weighted by molar-refractivity contribution is 5.90. The minimum atomic E-state index is -0.517. The summed E-state index contributed by atoms with van der Waals surface area (Å²) in [6.45, 7) is 1.85. The molecule has 1 amide bonds. The van der Waals surface area contributed by atoms with Crippen LogP contribution in [-0.4, -0.2) is 47.5 Å². The summed E-state index contributed by atoms with van der Waals surface area (Å²) in [7, 11) is 4.17. The smallest absolute Gasteiger partial charge is 0.268 e. The number of likely N-dealkylation sites (N-methyl/N-ethyl adjacent to an activating group) is 1. The minimum Gasteiger partial charge on any atom is -0.364 e. The molecule has 0 fully saturated rings. The average Bonchev–Trinajstić information content (AvgIpc) is 3.15. The Hall–Kier alpha value is -3.12. The Balaban J connectivity index is 1.81. The molecular formula is C21H23N5O. The van der Waals surface area contributed by atoms with E-state index in [1.807, 2.05) is 4.57 Å². The van der Waals surface area contributed by atoms with Gasteiger partial charge in [0.05, 0.1) is 5.69 Å². The van der Waals surface area contributed by atoms with Crippen molar-refractivity contribution in [1.82, 2.24) is 14.5 Å². The van der Waals surface area contributed by atoms with Gasteiger partial charge in [0.25, 0.3) is 5.91 Å². The third-order valence-electron chi connectivity index (χ3n) is 4.95. The van der Waals surface area contributed by atoms with E-state index in [1.165, 1.54) is 22.5 Å². The molecule has 2 aromatic carbocycles. The van der Waals surface area contributed by atoms with Crippen LogP contribution in [0.15, 0.2) is 55.0 Å². The highest BCUT2D eigenvalue weighted by Gasteiger charge is 2.25. The number of hydrogen-bond acceptors (Lipinski definition) is 4. The number of anilines is 2.